The fourth-order valence-electron chi connectivity index (χ4n) is 3.06. The lowest BCUT2D eigenvalue weighted by molar-refractivity contribution is -0.125. The van der Waals surface area contributed by atoms with E-state index in [1.54, 1.807) is 38.5 Å². The Bertz CT molecular complexity index is 927. The smallest absolute Gasteiger partial charge is 0.268 e. The molecule has 0 fully saturated rings. The van der Waals surface area contributed by atoms with E-state index in [4.69, 9.17) is 23.8 Å². The molecule has 28 heavy (non-hydrogen) atoms. The molecule has 2 heterocycles. The summed E-state index contributed by atoms with van der Waals surface area (Å²) in [5, 5.41) is 6.90. The van der Waals surface area contributed by atoms with Gasteiger partial charge in [-0.3, -0.25) is 4.79 Å². The Hall–Kier alpha value is -3.42. The van der Waals surface area contributed by atoms with Crippen LogP contribution in [-0.4, -0.2) is 45.2 Å². The van der Waals surface area contributed by atoms with Gasteiger partial charge in [-0.25, -0.2) is 0 Å². The van der Waals surface area contributed by atoms with Gasteiger partial charge in [0.2, 0.25) is 6.10 Å². The van der Waals surface area contributed by atoms with Crippen LogP contribution in [0.3, 0.4) is 0 Å². The standard InChI is InChI=1S/C20H20N2O6/c1-24-13-4-5-14(17(10-13)25-2)15-11-19(28-22-15)20(23)21-12-3-6-16-18(9-12)27-8-7-26-16/h3-6,9-10,19H,7-8,11H2,1-2H3,(H,21,23)/t19-/m1/s1. The van der Waals surface area contributed by atoms with Gasteiger partial charge in [-0.15, -0.1) is 0 Å². The molecule has 2 aliphatic heterocycles. The van der Waals surface area contributed by atoms with E-state index in [0.717, 1.165) is 5.56 Å². The first-order chi connectivity index (χ1) is 13.7. The maximum absolute atomic E-state index is 12.6. The second-order valence-corrected chi connectivity index (χ2v) is 6.25. The molecular formula is C20H20N2O6. The summed E-state index contributed by atoms with van der Waals surface area (Å²) in [5.74, 6) is 2.26. The van der Waals surface area contributed by atoms with Gasteiger partial charge in [0.15, 0.2) is 11.5 Å². The average Bonchev–Trinajstić information content (AvgIpc) is 3.23. The van der Waals surface area contributed by atoms with Crippen molar-refractivity contribution < 1.29 is 28.6 Å². The lowest BCUT2D eigenvalue weighted by atomic mass is 10.0. The van der Waals surface area contributed by atoms with E-state index in [2.05, 4.69) is 10.5 Å². The van der Waals surface area contributed by atoms with Crippen LogP contribution in [0.2, 0.25) is 0 Å². The summed E-state index contributed by atoms with van der Waals surface area (Å²) < 4.78 is 21.6. The van der Waals surface area contributed by atoms with E-state index in [1.807, 2.05) is 12.1 Å². The minimum Gasteiger partial charge on any atom is -0.497 e. The molecule has 8 nitrogen and oxygen atoms in total. The van der Waals surface area contributed by atoms with Crippen LogP contribution in [0.15, 0.2) is 41.6 Å². The highest BCUT2D eigenvalue weighted by molar-refractivity contribution is 6.07. The molecule has 0 aromatic heterocycles. The van der Waals surface area contributed by atoms with Gasteiger partial charge in [0.05, 0.1) is 19.9 Å². The molecule has 0 spiro atoms. The van der Waals surface area contributed by atoms with Crippen LogP contribution in [0.1, 0.15) is 12.0 Å². The highest BCUT2D eigenvalue weighted by Gasteiger charge is 2.30. The Labute approximate surface area is 162 Å². The highest BCUT2D eigenvalue weighted by Crippen LogP contribution is 2.33. The van der Waals surface area contributed by atoms with Gasteiger partial charge < -0.3 is 29.1 Å². The summed E-state index contributed by atoms with van der Waals surface area (Å²) in [6, 6.07) is 10.7. The molecular weight excluding hydrogens is 364 g/mol. The predicted octanol–water partition coefficient (Wildman–Crippen LogP) is 2.61. The minimum absolute atomic E-state index is 0.289. The van der Waals surface area contributed by atoms with Gasteiger partial charge in [0.1, 0.15) is 24.7 Å². The zero-order valence-corrected chi connectivity index (χ0v) is 15.6. The quantitative estimate of drug-likeness (QED) is 0.853. The fourth-order valence-corrected chi connectivity index (χ4v) is 3.06. The molecule has 0 radical (unpaired) electrons. The van der Waals surface area contributed by atoms with Crippen LogP contribution in [-0.2, 0) is 9.63 Å². The Morgan fingerprint density at radius 1 is 1.07 bits per heavy atom. The summed E-state index contributed by atoms with van der Waals surface area (Å²) in [4.78, 5) is 17.9. The number of fused-ring (bicyclic) bond motifs is 1. The van der Waals surface area contributed by atoms with Gasteiger partial charge in [0.25, 0.3) is 5.91 Å². The summed E-state index contributed by atoms with van der Waals surface area (Å²) >= 11 is 0. The van der Waals surface area contributed by atoms with Crippen molar-refractivity contribution in [2.75, 3.05) is 32.8 Å². The second kappa shape index (κ2) is 7.67. The van der Waals surface area contributed by atoms with Gasteiger partial charge >= 0.3 is 0 Å². The third kappa shape index (κ3) is 3.53. The predicted molar refractivity (Wildman–Crippen MR) is 102 cm³/mol. The molecule has 1 N–H and O–H groups in total. The number of hydrogen-bond donors (Lipinski definition) is 1. The zero-order chi connectivity index (χ0) is 19.5. The first kappa shape index (κ1) is 18.0. The van der Waals surface area contributed by atoms with Crippen LogP contribution < -0.4 is 24.3 Å². The minimum atomic E-state index is -0.727. The molecule has 0 saturated carbocycles. The number of benzene rings is 2. The normalized spacial score (nSPS) is 17.4. The van der Waals surface area contributed by atoms with Gasteiger partial charge in [-0.1, -0.05) is 5.16 Å². The third-order valence-electron chi connectivity index (χ3n) is 4.49. The number of amides is 1. The molecule has 4 rings (SSSR count). The summed E-state index contributed by atoms with van der Waals surface area (Å²) in [5.41, 5.74) is 2.01. The van der Waals surface area contributed by atoms with Crippen molar-refractivity contribution in [2.24, 2.45) is 5.16 Å². The van der Waals surface area contributed by atoms with Gasteiger partial charge in [-0.05, 0) is 24.3 Å². The Morgan fingerprint density at radius 2 is 1.89 bits per heavy atom. The van der Waals surface area contributed by atoms with Gasteiger partial charge in [-0.2, -0.15) is 0 Å². The van der Waals surface area contributed by atoms with Gasteiger partial charge in [0, 0.05) is 29.8 Å². The average molecular weight is 384 g/mol. The Kier molecular flexibility index (Phi) is 4.92. The van der Waals surface area contributed by atoms with E-state index in [1.165, 1.54) is 0 Å². The zero-order valence-electron chi connectivity index (χ0n) is 15.6. The molecule has 2 aromatic rings. The number of ether oxygens (including phenoxy) is 4. The molecule has 8 heteroatoms. The molecule has 0 unspecified atom stereocenters. The number of oxime groups is 1. The number of nitrogens with zero attached hydrogens (tertiary/aromatic N) is 1. The molecule has 2 aliphatic rings. The molecule has 0 saturated heterocycles. The number of carbonyl (C=O) groups is 1. The van der Waals surface area contributed by atoms with E-state index in [9.17, 15) is 4.79 Å². The number of anilines is 1. The maximum Gasteiger partial charge on any atom is 0.268 e. The van der Waals surface area contributed by atoms with Crippen LogP contribution in [0, 0.1) is 0 Å². The summed E-state index contributed by atoms with van der Waals surface area (Å²) in [6.45, 7) is 1.00. The van der Waals surface area contributed by atoms with E-state index < -0.39 is 6.10 Å². The fraction of sp³-hybridized carbons (Fsp3) is 0.300. The third-order valence-corrected chi connectivity index (χ3v) is 4.49. The molecule has 0 aliphatic carbocycles. The van der Waals surface area contributed by atoms with Crippen molar-refractivity contribution in [1.82, 2.24) is 0 Å². The molecule has 1 atom stereocenters. The Morgan fingerprint density at radius 3 is 2.68 bits per heavy atom. The van der Waals surface area contributed by atoms with E-state index in [0.29, 0.717) is 54.0 Å². The van der Waals surface area contributed by atoms with Crippen LogP contribution in [0.4, 0.5) is 5.69 Å². The number of methoxy groups -OCH3 is 2. The topological polar surface area (TPSA) is 87.6 Å². The van der Waals surface area contributed by atoms with Crippen LogP contribution in [0.5, 0.6) is 23.0 Å². The lowest BCUT2D eigenvalue weighted by Gasteiger charge is -2.19. The summed E-state index contributed by atoms with van der Waals surface area (Å²) in [7, 11) is 3.16. The maximum atomic E-state index is 12.6. The van der Waals surface area contributed by atoms with E-state index in [-0.39, 0.29) is 5.91 Å². The van der Waals surface area contributed by atoms with Crippen molar-refractivity contribution in [3.8, 4) is 23.0 Å². The van der Waals surface area contributed by atoms with E-state index >= 15 is 0 Å². The highest BCUT2D eigenvalue weighted by atomic mass is 16.6. The SMILES string of the molecule is COc1ccc(C2=NO[C@@H](C(=O)Nc3ccc4c(c3)OCCO4)C2)c(OC)c1. The Balaban J connectivity index is 1.43. The number of nitrogens with one attached hydrogen (secondary N) is 1. The lowest BCUT2D eigenvalue weighted by Crippen LogP contribution is -2.28. The second-order valence-electron chi connectivity index (χ2n) is 6.25. The largest absolute Gasteiger partial charge is 0.497 e. The number of hydrogen-bond acceptors (Lipinski definition) is 7. The van der Waals surface area contributed by atoms with Crippen molar-refractivity contribution in [3.05, 3.63) is 42.0 Å². The molecule has 1 amide bonds. The number of rotatable bonds is 5. The molecule has 2 aromatic carbocycles. The van der Waals surface area contributed by atoms with Crippen LogP contribution >= 0.6 is 0 Å². The monoisotopic (exact) mass is 384 g/mol. The van der Waals surface area contributed by atoms with Crippen molar-refractivity contribution in [2.45, 2.75) is 12.5 Å². The molecule has 146 valence electrons. The molecule has 0 bridgehead atoms. The first-order valence-corrected chi connectivity index (χ1v) is 8.83. The number of carbonyl (C=O) groups excluding carboxylic acids is 1. The summed E-state index contributed by atoms with van der Waals surface area (Å²) in [6.07, 6.45) is -0.394. The van der Waals surface area contributed by atoms with Crippen molar-refractivity contribution in [1.29, 1.82) is 0 Å². The first-order valence-electron chi connectivity index (χ1n) is 8.83. The van der Waals surface area contributed by atoms with Crippen LogP contribution in [0.25, 0.3) is 0 Å². The van der Waals surface area contributed by atoms with Crippen molar-refractivity contribution >= 4 is 17.3 Å². The van der Waals surface area contributed by atoms with Crippen molar-refractivity contribution in [3.63, 3.8) is 0 Å².